The fourth-order valence-electron chi connectivity index (χ4n) is 2.85. The molecule has 0 bridgehead atoms. The van der Waals surface area contributed by atoms with Gasteiger partial charge in [0.25, 0.3) is 0 Å². The Morgan fingerprint density at radius 1 is 1.46 bits per heavy atom. The molecule has 1 heterocycles. The summed E-state index contributed by atoms with van der Waals surface area (Å²) in [6.45, 7) is 2.24. The first-order chi connectivity index (χ1) is 12.5. The SMILES string of the molecule is CNC(=O)C1=C(Nc2ccc(N(CCCF)CC(C)O)cn2)C=CCC1. The largest absolute Gasteiger partial charge is 0.392 e. The number of hydrogen-bond donors (Lipinski definition) is 3. The van der Waals surface area contributed by atoms with E-state index in [1.807, 2.05) is 29.2 Å². The van der Waals surface area contributed by atoms with Gasteiger partial charge in [0.15, 0.2) is 0 Å². The summed E-state index contributed by atoms with van der Waals surface area (Å²) in [6, 6.07) is 3.69. The highest BCUT2D eigenvalue weighted by Crippen LogP contribution is 2.22. The number of carbonyl (C=O) groups is 1. The van der Waals surface area contributed by atoms with Crippen molar-refractivity contribution < 1.29 is 14.3 Å². The predicted molar refractivity (Wildman–Crippen MR) is 102 cm³/mol. The number of nitrogens with one attached hydrogen (secondary N) is 2. The maximum absolute atomic E-state index is 12.5. The molecule has 1 amide bonds. The maximum atomic E-state index is 12.5. The zero-order valence-electron chi connectivity index (χ0n) is 15.3. The van der Waals surface area contributed by atoms with Gasteiger partial charge in [0.05, 0.1) is 24.7 Å². The number of allylic oxidation sites excluding steroid dienone is 2. The number of carbonyl (C=O) groups excluding carboxylic acids is 1. The second-order valence-corrected chi connectivity index (χ2v) is 6.28. The first-order valence-corrected chi connectivity index (χ1v) is 8.89. The Morgan fingerprint density at radius 3 is 2.88 bits per heavy atom. The van der Waals surface area contributed by atoms with E-state index in [-0.39, 0.29) is 5.91 Å². The van der Waals surface area contributed by atoms with Gasteiger partial charge in [-0.2, -0.15) is 0 Å². The Kier molecular flexibility index (Phi) is 7.59. The number of anilines is 2. The van der Waals surface area contributed by atoms with Gasteiger partial charge in [0.1, 0.15) is 5.82 Å². The van der Waals surface area contributed by atoms with Crippen LogP contribution >= 0.6 is 0 Å². The second-order valence-electron chi connectivity index (χ2n) is 6.28. The van der Waals surface area contributed by atoms with E-state index in [0.29, 0.717) is 37.3 Å². The van der Waals surface area contributed by atoms with E-state index in [9.17, 15) is 14.3 Å². The van der Waals surface area contributed by atoms with Gasteiger partial charge < -0.3 is 20.6 Å². The molecule has 3 N–H and O–H groups in total. The van der Waals surface area contributed by atoms with Crippen LogP contribution in [-0.4, -0.2) is 48.9 Å². The minimum Gasteiger partial charge on any atom is -0.392 e. The van der Waals surface area contributed by atoms with Crippen LogP contribution in [0.5, 0.6) is 0 Å². The van der Waals surface area contributed by atoms with Crippen molar-refractivity contribution in [3.8, 4) is 0 Å². The summed E-state index contributed by atoms with van der Waals surface area (Å²) >= 11 is 0. The third-order valence-corrected chi connectivity index (χ3v) is 4.09. The van der Waals surface area contributed by atoms with Crippen LogP contribution in [0.4, 0.5) is 15.9 Å². The number of aliphatic hydroxyl groups is 1. The van der Waals surface area contributed by atoms with Crippen LogP contribution in [0.25, 0.3) is 0 Å². The van der Waals surface area contributed by atoms with Crippen molar-refractivity contribution in [2.24, 2.45) is 0 Å². The summed E-state index contributed by atoms with van der Waals surface area (Å²) < 4.78 is 12.5. The van der Waals surface area contributed by atoms with Crippen LogP contribution in [0.3, 0.4) is 0 Å². The van der Waals surface area contributed by atoms with Gasteiger partial charge in [-0.1, -0.05) is 6.08 Å². The molecule has 0 aromatic carbocycles. The van der Waals surface area contributed by atoms with Crippen molar-refractivity contribution in [1.82, 2.24) is 10.3 Å². The lowest BCUT2D eigenvalue weighted by Crippen LogP contribution is -2.32. The molecule has 1 aromatic heterocycles. The molecule has 0 saturated carbocycles. The molecule has 1 unspecified atom stereocenters. The topological polar surface area (TPSA) is 77.5 Å². The van der Waals surface area contributed by atoms with E-state index in [1.54, 1.807) is 20.2 Å². The summed E-state index contributed by atoms with van der Waals surface area (Å²) in [5.74, 6) is 0.530. The summed E-state index contributed by atoms with van der Waals surface area (Å²) in [6.07, 6.45) is 7.01. The Morgan fingerprint density at radius 2 is 2.27 bits per heavy atom. The number of aromatic nitrogens is 1. The molecule has 0 radical (unpaired) electrons. The fraction of sp³-hybridized carbons (Fsp3) is 0.474. The molecule has 1 atom stereocenters. The Balaban J connectivity index is 2.13. The van der Waals surface area contributed by atoms with Crippen LogP contribution in [0, 0.1) is 0 Å². The van der Waals surface area contributed by atoms with Crippen LogP contribution in [0.2, 0.25) is 0 Å². The van der Waals surface area contributed by atoms with Crippen molar-refractivity contribution in [3.05, 3.63) is 41.8 Å². The minimum absolute atomic E-state index is 0.0946. The molecule has 142 valence electrons. The molecule has 0 aliphatic heterocycles. The van der Waals surface area contributed by atoms with Crippen LogP contribution in [-0.2, 0) is 4.79 Å². The molecular weight excluding hydrogens is 335 g/mol. The Hall–Kier alpha value is -2.41. The lowest BCUT2D eigenvalue weighted by Gasteiger charge is -2.25. The number of rotatable bonds is 9. The second kappa shape index (κ2) is 9.91. The first-order valence-electron chi connectivity index (χ1n) is 8.89. The Bertz CT molecular complexity index is 656. The lowest BCUT2D eigenvalue weighted by atomic mass is 10.0. The van der Waals surface area contributed by atoms with Crippen LogP contribution < -0.4 is 15.5 Å². The molecule has 0 fully saturated rings. The maximum Gasteiger partial charge on any atom is 0.249 e. The quantitative estimate of drug-likeness (QED) is 0.629. The number of nitrogens with zero attached hydrogens (tertiary/aromatic N) is 2. The zero-order valence-corrected chi connectivity index (χ0v) is 15.3. The molecule has 0 spiro atoms. The van der Waals surface area contributed by atoms with Gasteiger partial charge in [0, 0.05) is 31.4 Å². The van der Waals surface area contributed by atoms with E-state index in [0.717, 1.165) is 17.8 Å². The van der Waals surface area contributed by atoms with Crippen molar-refractivity contribution in [2.45, 2.75) is 32.3 Å². The number of aliphatic hydroxyl groups excluding tert-OH is 1. The smallest absolute Gasteiger partial charge is 0.249 e. The summed E-state index contributed by atoms with van der Waals surface area (Å²) in [5.41, 5.74) is 2.28. The van der Waals surface area contributed by atoms with Crippen molar-refractivity contribution in [3.63, 3.8) is 0 Å². The van der Waals surface area contributed by atoms with Crippen molar-refractivity contribution in [2.75, 3.05) is 37.0 Å². The molecule has 1 aliphatic carbocycles. The summed E-state index contributed by atoms with van der Waals surface area (Å²) in [5, 5.41) is 15.5. The zero-order chi connectivity index (χ0) is 18.9. The molecule has 1 aliphatic rings. The highest BCUT2D eigenvalue weighted by Gasteiger charge is 2.16. The van der Waals surface area contributed by atoms with Gasteiger partial charge in [-0.05, 0) is 44.4 Å². The molecule has 26 heavy (non-hydrogen) atoms. The summed E-state index contributed by atoms with van der Waals surface area (Å²) in [7, 11) is 1.62. The van der Waals surface area contributed by atoms with E-state index in [4.69, 9.17) is 0 Å². The van der Waals surface area contributed by atoms with Gasteiger partial charge >= 0.3 is 0 Å². The predicted octanol–water partition coefficient (Wildman–Crippen LogP) is 2.39. The average molecular weight is 362 g/mol. The molecule has 0 saturated heterocycles. The Labute approximate surface area is 153 Å². The molecule has 2 rings (SSSR count). The number of halogens is 1. The van der Waals surface area contributed by atoms with Gasteiger partial charge in [-0.25, -0.2) is 4.98 Å². The lowest BCUT2D eigenvalue weighted by molar-refractivity contribution is -0.117. The third kappa shape index (κ3) is 5.56. The van der Waals surface area contributed by atoms with E-state index < -0.39 is 12.8 Å². The van der Waals surface area contributed by atoms with Crippen LogP contribution in [0.15, 0.2) is 41.8 Å². The average Bonchev–Trinajstić information content (AvgIpc) is 2.65. The molecule has 1 aromatic rings. The number of alkyl halides is 1. The molecular formula is C19H27FN4O2. The van der Waals surface area contributed by atoms with E-state index in [1.165, 1.54) is 0 Å². The molecule has 7 heteroatoms. The highest BCUT2D eigenvalue weighted by atomic mass is 19.1. The van der Waals surface area contributed by atoms with Crippen molar-refractivity contribution >= 4 is 17.4 Å². The first kappa shape index (κ1) is 19.9. The van der Waals surface area contributed by atoms with Crippen LogP contribution in [0.1, 0.15) is 26.2 Å². The monoisotopic (exact) mass is 362 g/mol. The number of hydrogen-bond acceptors (Lipinski definition) is 5. The van der Waals surface area contributed by atoms with Gasteiger partial charge in [-0.15, -0.1) is 0 Å². The number of amides is 1. The third-order valence-electron chi connectivity index (χ3n) is 4.09. The van der Waals surface area contributed by atoms with Gasteiger partial charge in [-0.3, -0.25) is 9.18 Å². The minimum atomic E-state index is -0.514. The number of pyridine rings is 1. The summed E-state index contributed by atoms with van der Waals surface area (Å²) in [4.78, 5) is 18.3. The van der Waals surface area contributed by atoms with Gasteiger partial charge in [0.2, 0.25) is 5.91 Å². The number of likely N-dealkylation sites (N-methyl/N-ethyl adjacent to an activating group) is 1. The van der Waals surface area contributed by atoms with E-state index in [2.05, 4.69) is 15.6 Å². The fourth-order valence-corrected chi connectivity index (χ4v) is 2.85. The van der Waals surface area contributed by atoms with E-state index >= 15 is 0 Å². The molecule has 6 nitrogen and oxygen atoms in total. The standard InChI is InChI=1S/C19H27FN4O2/c1-14(25)13-24(11-5-10-20)15-8-9-18(22-12-15)23-17-7-4-3-6-16(17)19(26)21-2/h4,7-9,12,14,25H,3,5-6,10-11,13H2,1-2H3,(H,21,26)(H,22,23). The highest BCUT2D eigenvalue weighted by molar-refractivity contribution is 5.95. The normalized spacial score (nSPS) is 14.9. The van der Waals surface area contributed by atoms with Crippen molar-refractivity contribution in [1.29, 1.82) is 0 Å².